The standard InChI is InChI=1S/C31H31N3O7S/c1-19(35)41-18-25(37)33-15-13-21(14-16-33)32(2)31(39)29-27(40-3)26-28(42-29)22-11-7-8-12-23(22)34(30(26)38)17-24(36)20-9-5-4-6-10-20/h4-12,21H,13-18H2,1-3H3. The molecule has 1 aliphatic rings. The molecular formula is C31H31N3O7S. The third kappa shape index (κ3) is 5.52. The smallest absolute Gasteiger partial charge is 0.303 e. The van der Waals surface area contributed by atoms with Crippen LogP contribution in [-0.2, 0) is 20.9 Å². The first-order valence-electron chi connectivity index (χ1n) is 13.6. The first-order chi connectivity index (χ1) is 20.2. The third-order valence-corrected chi connectivity index (χ3v) is 8.84. The van der Waals surface area contributed by atoms with Crippen LogP contribution in [0.3, 0.4) is 0 Å². The molecule has 42 heavy (non-hydrogen) atoms. The number of methoxy groups -OCH3 is 1. The van der Waals surface area contributed by atoms with Gasteiger partial charge in [0.15, 0.2) is 18.1 Å². The van der Waals surface area contributed by atoms with Crippen LogP contribution >= 0.6 is 11.3 Å². The molecule has 0 unspecified atom stereocenters. The molecule has 0 radical (unpaired) electrons. The van der Waals surface area contributed by atoms with Crippen molar-refractivity contribution in [3.05, 3.63) is 75.4 Å². The fourth-order valence-electron chi connectivity index (χ4n) is 5.38. The van der Waals surface area contributed by atoms with Gasteiger partial charge in [-0.2, -0.15) is 0 Å². The highest BCUT2D eigenvalue weighted by atomic mass is 32.1. The number of fused-ring (bicyclic) bond motifs is 3. The van der Waals surface area contributed by atoms with E-state index in [1.165, 1.54) is 29.9 Å². The first-order valence-corrected chi connectivity index (χ1v) is 14.4. The Morgan fingerprint density at radius 3 is 2.33 bits per heavy atom. The first kappa shape index (κ1) is 29.0. The van der Waals surface area contributed by atoms with Crippen LogP contribution in [0.1, 0.15) is 39.8 Å². The van der Waals surface area contributed by atoms with E-state index in [9.17, 15) is 24.0 Å². The molecule has 4 aromatic rings. The van der Waals surface area contributed by atoms with Crippen molar-refractivity contribution in [1.82, 2.24) is 14.4 Å². The van der Waals surface area contributed by atoms with E-state index in [4.69, 9.17) is 9.47 Å². The van der Waals surface area contributed by atoms with Crippen LogP contribution in [0.2, 0.25) is 0 Å². The summed E-state index contributed by atoms with van der Waals surface area (Å²) in [6.45, 7) is 1.66. The quantitative estimate of drug-likeness (QED) is 0.227. The highest BCUT2D eigenvalue weighted by Gasteiger charge is 2.32. The number of ether oxygens (including phenoxy) is 2. The number of thiophene rings is 1. The summed E-state index contributed by atoms with van der Waals surface area (Å²) in [6.07, 6.45) is 1.11. The molecule has 1 fully saturated rings. The third-order valence-electron chi connectivity index (χ3n) is 7.64. The van der Waals surface area contributed by atoms with Gasteiger partial charge in [0.1, 0.15) is 10.3 Å². The summed E-state index contributed by atoms with van der Waals surface area (Å²) in [4.78, 5) is 67.8. The van der Waals surface area contributed by atoms with Gasteiger partial charge in [-0.1, -0.05) is 48.5 Å². The highest BCUT2D eigenvalue weighted by molar-refractivity contribution is 7.22. The van der Waals surface area contributed by atoms with Crippen molar-refractivity contribution < 1.29 is 28.7 Å². The summed E-state index contributed by atoms with van der Waals surface area (Å²) in [5.74, 6) is -1.07. The number of aromatic nitrogens is 1. The predicted molar refractivity (Wildman–Crippen MR) is 159 cm³/mol. The average Bonchev–Trinajstić information content (AvgIpc) is 3.41. The van der Waals surface area contributed by atoms with E-state index in [1.54, 1.807) is 47.2 Å². The molecule has 0 aliphatic carbocycles. The number of para-hydroxylation sites is 1. The molecule has 0 spiro atoms. The topological polar surface area (TPSA) is 115 Å². The zero-order valence-electron chi connectivity index (χ0n) is 23.6. The Morgan fingerprint density at radius 1 is 1.00 bits per heavy atom. The minimum absolute atomic E-state index is 0.137. The molecule has 3 heterocycles. The molecule has 2 aromatic heterocycles. The monoisotopic (exact) mass is 589 g/mol. The van der Waals surface area contributed by atoms with Gasteiger partial charge in [0, 0.05) is 44.1 Å². The summed E-state index contributed by atoms with van der Waals surface area (Å²) in [5.41, 5.74) is 0.700. The second-order valence-corrected chi connectivity index (χ2v) is 11.2. The molecule has 2 aromatic carbocycles. The highest BCUT2D eigenvalue weighted by Crippen LogP contribution is 2.40. The summed E-state index contributed by atoms with van der Waals surface area (Å²) >= 11 is 1.20. The van der Waals surface area contributed by atoms with Crippen LogP contribution in [0.5, 0.6) is 5.75 Å². The summed E-state index contributed by atoms with van der Waals surface area (Å²) < 4.78 is 12.6. The molecule has 218 valence electrons. The number of hydrogen-bond donors (Lipinski definition) is 0. The van der Waals surface area contributed by atoms with Gasteiger partial charge in [-0.05, 0) is 18.9 Å². The lowest BCUT2D eigenvalue weighted by Gasteiger charge is -2.36. The minimum Gasteiger partial charge on any atom is -0.494 e. The second kappa shape index (κ2) is 12.2. The number of nitrogens with zero attached hydrogens (tertiary/aromatic N) is 3. The van der Waals surface area contributed by atoms with E-state index in [0.717, 1.165) is 5.39 Å². The number of Topliss-reactive ketones (excluding diaryl/α,β-unsaturated/α-hetero) is 1. The van der Waals surface area contributed by atoms with E-state index in [1.807, 2.05) is 24.3 Å². The number of ketones is 1. The molecule has 10 nitrogen and oxygen atoms in total. The van der Waals surface area contributed by atoms with Crippen LogP contribution in [0.25, 0.3) is 21.0 Å². The molecular weight excluding hydrogens is 558 g/mol. The Morgan fingerprint density at radius 2 is 1.67 bits per heavy atom. The molecule has 1 aliphatic heterocycles. The van der Waals surface area contributed by atoms with Gasteiger partial charge in [-0.3, -0.25) is 28.5 Å². The van der Waals surface area contributed by atoms with Crippen molar-refractivity contribution in [2.75, 3.05) is 33.9 Å². The molecule has 0 N–H and O–H groups in total. The summed E-state index contributed by atoms with van der Waals surface area (Å²) in [7, 11) is 3.14. The average molecular weight is 590 g/mol. The lowest BCUT2D eigenvalue weighted by Crippen LogP contribution is -2.48. The lowest BCUT2D eigenvalue weighted by molar-refractivity contribution is -0.150. The number of benzene rings is 2. The van der Waals surface area contributed by atoms with Crippen LogP contribution in [-0.4, -0.2) is 77.8 Å². The SMILES string of the molecule is COc1c(C(=O)N(C)C2CCN(C(=O)COC(C)=O)CC2)sc2c1c(=O)n(CC(=O)c1ccccc1)c1ccccc21. The molecule has 0 saturated carbocycles. The zero-order chi connectivity index (χ0) is 30.0. The molecule has 11 heteroatoms. The number of pyridine rings is 1. The molecule has 2 amide bonds. The van der Waals surface area contributed by atoms with Gasteiger partial charge in [0.25, 0.3) is 17.4 Å². The van der Waals surface area contributed by atoms with Gasteiger partial charge in [-0.25, -0.2) is 0 Å². The van der Waals surface area contributed by atoms with Gasteiger partial charge in [0.05, 0.1) is 23.9 Å². The van der Waals surface area contributed by atoms with Crippen molar-refractivity contribution in [2.45, 2.75) is 32.4 Å². The fourth-order valence-corrected chi connectivity index (χ4v) is 6.66. The van der Waals surface area contributed by atoms with E-state index >= 15 is 0 Å². The van der Waals surface area contributed by atoms with Crippen molar-refractivity contribution >= 4 is 55.9 Å². The van der Waals surface area contributed by atoms with Crippen LogP contribution in [0.15, 0.2) is 59.4 Å². The van der Waals surface area contributed by atoms with Crippen LogP contribution in [0, 0.1) is 0 Å². The maximum atomic E-state index is 13.9. The predicted octanol–water partition coefficient (Wildman–Crippen LogP) is 3.73. The van der Waals surface area contributed by atoms with Crippen molar-refractivity contribution in [3.63, 3.8) is 0 Å². The fraction of sp³-hybridized carbons (Fsp3) is 0.323. The molecule has 0 atom stereocenters. The Balaban J connectivity index is 1.46. The van der Waals surface area contributed by atoms with Crippen LogP contribution in [0.4, 0.5) is 0 Å². The molecule has 5 rings (SSSR count). The lowest BCUT2D eigenvalue weighted by atomic mass is 10.0. The number of carbonyl (C=O) groups is 4. The number of rotatable bonds is 8. The van der Waals surface area contributed by atoms with Crippen LogP contribution < -0.4 is 10.3 Å². The van der Waals surface area contributed by atoms with Gasteiger partial charge >= 0.3 is 5.97 Å². The van der Waals surface area contributed by atoms with E-state index in [0.29, 0.717) is 46.6 Å². The van der Waals surface area contributed by atoms with E-state index < -0.39 is 11.5 Å². The second-order valence-electron chi connectivity index (χ2n) is 10.2. The molecule has 1 saturated heterocycles. The van der Waals surface area contributed by atoms with Gasteiger partial charge < -0.3 is 19.3 Å². The maximum Gasteiger partial charge on any atom is 0.303 e. The molecule has 0 bridgehead atoms. The van der Waals surface area contributed by atoms with Gasteiger partial charge in [-0.15, -0.1) is 11.3 Å². The summed E-state index contributed by atoms with van der Waals surface area (Å²) in [6, 6.07) is 16.0. The summed E-state index contributed by atoms with van der Waals surface area (Å²) in [5, 5.41) is 1.02. The Kier molecular flexibility index (Phi) is 8.39. The number of carbonyl (C=O) groups excluding carboxylic acids is 4. The Hall–Kier alpha value is -4.51. The van der Waals surface area contributed by atoms with Crippen molar-refractivity contribution in [1.29, 1.82) is 0 Å². The maximum absolute atomic E-state index is 13.9. The Labute approximate surface area is 246 Å². The number of piperidine rings is 1. The number of hydrogen-bond acceptors (Lipinski definition) is 8. The minimum atomic E-state index is -0.511. The number of esters is 1. The normalized spacial score (nSPS) is 13.7. The van der Waals surface area contributed by atoms with E-state index in [2.05, 4.69) is 0 Å². The largest absolute Gasteiger partial charge is 0.494 e. The van der Waals surface area contributed by atoms with Crippen molar-refractivity contribution in [3.8, 4) is 5.75 Å². The van der Waals surface area contributed by atoms with E-state index in [-0.39, 0.29) is 47.9 Å². The van der Waals surface area contributed by atoms with Gasteiger partial charge in [0.2, 0.25) is 0 Å². The number of amides is 2. The zero-order valence-corrected chi connectivity index (χ0v) is 24.4. The Bertz CT molecular complexity index is 1740. The number of likely N-dealkylation sites (tertiary alicyclic amines) is 1. The van der Waals surface area contributed by atoms with Crippen molar-refractivity contribution in [2.24, 2.45) is 0 Å².